The average molecular weight is 221 g/mol. The molecule has 0 aliphatic carbocycles. The van der Waals surface area contributed by atoms with Crippen LogP contribution in [0.25, 0.3) is 0 Å². The highest BCUT2D eigenvalue weighted by molar-refractivity contribution is 5.73. The number of benzene rings is 1. The Kier molecular flexibility index (Phi) is 4.50. The number of carbonyl (C=O) groups excluding carboxylic acids is 1. The smallest absolute Gasteiger partial charge is 0.219 e. The topological polar surface area (TPSA) is 29.5 Å². The molecule has 1 rings (SSSR count). The number of nitrogens with zero attached hydrogens (tertiary/aromatic N) is 1. The van der Waals surface area contributed by atoms with E-state index in [0.29, 0.717) is 0 Å². The highest BCUT2D eigenvalue weighted by Gasteiger charge is 2.23. The minimum Gasteiger partial charge on any atom is -0.375 e. The van der Waals surface area contributed by atoms with Gasteiger partial charge >= 0.3 is 0 Å². The van der Waals surface area contributed by atoms with Gasteiger partial charge in [0.2, 0.25) is 5.91 Å². The summed E-state index contributed by atoms with van der Waals surface area (Å²) in [5.74, 6) is 0.0467. The van der Waals surface area contributed by atoms with Crippen LogP contribution in [0.4, 0.5) is 0 Å². The molecule has 16 heavy (non-hydrogen) atoms. The van der Waals surface area contributed by atoms with Crippen LogP contribution in [0.15, 0.2) is 30.3 Å². The summed E-state index contributed by atoms with van der Waals surface area (Å²) in [6.07, 6.45) is -0.0879. The molecule has 0 heterocycles. The summed E-state index contributed by atoms with van der Waals surface area (Å²) < 4.78 is 5.48. The average Bonchev–Trinajstić information content (AvgIpc) is 2.30. The van der Waals surface area contributed by atoms with E-state index < -0.39 is 0 Å². The number of carbonyl (C=O) groups is 1. The zero-order valence-corrected chi connectivity index (χ0v) is 10.3. The first-order valence-electron chi connectivity index (χ1n) is 5.39. The van der Waals surface area contributed by atoms with Crippen molar-refractivity contribution in [3.05, 3.63) is 35.9 Å². The Labute approximate surface area is 97.0 Å². The molecule has 0 radical (unpaired) electrons. The van der Waals surface area contributed by atoms with Gasteiger partial charge in [0.15, 0.2) is 0 Å². The van der Waals surface area contributed by atoms with Crippen LogP contribution in [0.1, 0.15) is 25.5 Å². The van der Waals surface area contributed by atoms with Crippen molar-refractivity contribution in [1.29, 1.82) is 0 Å². The third-order valence-electron chi connectivity index (χ3n) is 2.93. The largest absolute Gasteiger partial charge is 0.375 e. The van der Waals surface area contributed by atoms with Gasteiger partial charge in [-0.05, 0) is 12.5 Å². The summed E-state index contributed by atoms with van der Waals surface area (Å²) >= 11 is 0. The van der Waals surface area contributed by atoms with Crippen molar-refractivity contribution in [3.63, 3.8) is 0 Å². The minimum absolute atomic E-state index is 0.0184. The zero-order chi connectivity index (χ0) is 12.1. The molecule has 0 aromatic heterocycles. The van der Waals surface area contributed by atoms with Gasteiger partial charge in [-0.15, -0.1) is 0 Å². The number of likely N-dealkylation sites (N-methyl/N-ethyl adjacent to an activating group) is 1. The maximum atomic E-state index is 11.3. The third kappa shape index (κ3) is 2.83. The van der Waals surface area contributed by atoms with E-state index in [1.807, 2.05) is 37.3 Å². The van der Waals surface area contributed by atoms with E-state index in [1.165, 1.54) is 0 Å². The van der Waals surface area contributed by atoms with Crippen LogP contribution in [0, 0.1) is 0 Å². The van der Waals surface area contributed by atoms with Crippen molar-refractivity contribution in [2.45, 2.75) is 26.0 Å². The van der Waals surface area contributed by atoms with E-state index in [-0.39, 0.29) is 18.1 Å². The lowest BCUT2D eigenvalue weighted by atomic mass is 10.0. The molecule has 2 atom stereocenters. The van der Waals surface area contributed by atoms with E-state index in [2.05, 4.69) is 0 Å². The number of hydrogen-bond acceptors (Lipinski definition) is 2. The fourth-order valence-electron chi connectivity index (χ4n) is 1.74. The molecule has 3 heteroatoms. The van der Waals surface area contributed by atoms with Crippen molar-refractivity contribution in [2.75, 3.05) is 14.2 Å². The van der Waals surface area contributed by atoms with Gasteiger partial charge in [0.1, 0.15) is 6.10 Å². The van der Waals surface area contributed by atoms with Gasteiger partial charge in [-0.3, -0.25) is 4.79 Å². The molecular weight excluding hydrogens is 202 g/mol. The number of rotatable bonds is 4. The van der Waals surface area contributed by atoms with Crippen molar-refractivity contribution in [1.82, 2.24) is 4.90 Å². The molecule has 88 valence electrons. The van der Waals surface area contributed by atoms with Crippen molar-refractivity contribution < 1.29 is 9.53 Å². The second kappa shape index (κ2) is 5.66. The molecule has 1 amide bonds. The highest BCUT2D eigenvalue weighted by Crippen LogP contribution is 2.23. The SMILES string of the molecule is COC(c1ccccc1)C(C)N(C)C(C)=O. The lowest BCUT2D eigenvalue weighted by Gasteiger charge is -2.30. The number of hydrogen-bond donors (Lipinski definition) is 0. The molecule has 3 nitrogen and oxygen atoms in total. The fourth-order valence-corrected chi connectivity index (χ4v) is 1.74. The molecule has 0 bridgehead atoms. The lowest BCUT2D eigenvalue weighted by Crippen LogP contribution is -2.38. The molecule has 0 fully saturated rings. The maximum absolute atomic E-state index is 11.3. The summed E-state index contributed by atoms with van der Waals surface area (Å²) in [5.41, 5.74) is 1.09. The Morgan fingerprint density at radius 3 is 2.31 bits per heavy atom. The molecule has 1 aromatic carbocycles. The number of amides is 1. The summed E-state index contributed by atoms with van der Waals surface area (Å²) in [6, 6.07) is 9.96. The molecular formula is C13H19NO2. The first-order valence-corrected chi connectivity index (χ1v) is 5.39. The fraction of sp³-hybridized carbons (Fsp3) is 0.462. The third-order valence-corrected chi connectivity index (χ3v) is 2.93. The van der Waals surface area contributed by atoms with Gasteiger partial charge in [-0.25, -0.2) is 0 Å². The number of methoxy groups -OCH3 is 1. The van der Waals surface area contributed by atoms with Crippen LogP contribution in [0.3, 0.4) is 0 Å². The van der Waals surface area contributed by atoms with E-state index in [4.69, 9.17) is 4.74 Å². The summed E-state index contributed by atoms with van der Waals surface area (Å²) in [7, 11) is 3.46. The van der Waals surface area contributed by atoms with Crippen molar-refractivity contribution >= 4 is 5.91 Å². The van der Waals surface area contributed by atoms with Crippen LogP contribution >= 0.6 is 0 Å². The Hall–Kier alpha value is -1.35. The van der Waals surface area contributed by atoms with Crippen LogP contribution in [-0.4, -0.2) is 31.0 Å². The van der Waals surface area contributed by atoms with Gasteiger partial charge < -0.3 is 9.64 Å². The summed E-state index contributed by atoms with van der Waals surface area (Å²) in [6.45, 7) is 3.55. The van der Waals surface area contributed by atoms with Gasteiger partial charge in [0.25, 0.3) is 0 Å². The molecule has 0 aliphatic heterocycles. The highest BCUT2D eigenvalue weighted by atomic mass is 16.5. The summed E-state index contributed by atoms with van der Waals surface area (Å²) in [4.78, 5) is 13.0. The molecule has 0 spiro atoms. The second-order valence-electron chi connectivity index (χ2n) is 3.94. The monoisotopic (exact) mass is 221 g/mol. The van der Waals surface area contributed by atoms with E-state index in [9.17, 15) is 4.79 Å². The molecule has 0 N–H and O–H groups in total. The Morgan fingerprint density at radius 1 is 1.31 bits per heavy atom. The molecule has 0 saturated heterocycles. The Bertz CT molecular complexity index is 337. The first-order chi connectivity index (χ1) is 7.57. The van der Waals surface area contributed by atoms with Gasteiger partial charge in [0.05, 0.1) is 6.04 Å². The van der Waals surface area contributed by atoms with Crippen molar-refractivity contribution in [2.24, 2.45) is 0 Å². The van der Waals surface area contributed by atoms with E-state index >= 15 is 0 Å². The zero-order valence-electron chi connectivity index (χ0n) is 10.3. The summed E-state index contributed by atoms with van der Waals surface area (Å²) in [5, 5.41) is 0. The van der Waals surface area contributed by atoms with Crippen LogP contribution < -0.4 is 0 Å². The predicted octanol–water partition coefficient (Wildman–Crippen LogP) is 2.24. The maximum Gasteiger partial charge on any atom is 0.219 e. The van der Waals surface area contributed by atoms with Crippen LogP contribution in [0.2, 0.25) is 0 Å². The van der Waals surface area contributed by atoms with Gasteiger partial charge in [0, 0.05) is 21.1 Å². The lowest BCUT2D eigenvalue weighted by molar-refractivity contribution is -0.132. The van der Waals surface area contributed by atoms with Crippen LogP contribution in [-0.2, 0) is 9.53 Å². The van der Waals surface area contributed by atoms with Gasteiger partial charge in [-0.1, -0.05) is 30.3 Å². The first kappa shape index (κ1) is 12.7. The van der Waals surface area contributed by atoms with E-state index in [1.54, 1.807) is 26.0 Å². The second-order valence-corrected chi connectivity index (χ2v) is 3.94. The van der Waals surface area contributed by atoms with E-state index in [0.717, 1.165) is 5.56 Å². The standard InChI is InChI=1S/C13H19NO2/c1-10(14(3)11(2)15)13(16-4)12-8-6-5-7-9-12/h5-10,13H,1-4H3. The molecule has 1 aromatic rings. The molecule has 2 unspecified atom stereocenters. The van der Waals surface area contributed by atoms with Crippen molar-refractivity contribution in [3.8, 4) is 0 Å². The van der Waals surface area contributed by atoms with Gasteiger partial charge in [-0.2, -0.15) is 0 Å². The number of ether oxygens (including phenoxy) is 1. The molecule has 0 saturated carbocycles. The van der Waals surface area contributed by atoms with Crippen LogP contribution in [0.5, 0.6) is 0 Å². The normalized spacial score (nSPS) is 14.2. The molecule has 0 aliphatic rings. The predicted molar refractivity (Wildman–Crippen MR) is 64.1 cm³/mol. The Balaban J connectivity index is 2.87. The Morgan fingerprint density at radius 2 is 1.88 bits per heavy atom. The quantitative estimate of drug-likeness (QED) is 0.780. The minimum atomic E-state index is -0.0879.